The van der Waals surface area contributed by atoms with Gasteiger partial charge in [0.15, 0.2) is 11.5 Å². The maximum Gasteiger partial charge on any atom is 0.335 e. The molecule has 3 N–H and O–H groups in total. The second kappa shape index (κ2) is 11.1. The zero-order chi connectivity index (χ0) is 23.8. The number of thioether (sulfide) groups is 1. The number of benzene rings is 3. The fraction of sp³-hybridized carbons (Fsp3) is 0.125. The van der Waals surface area contributed by atoms with Crippen LogP contribution in [0.3, 0.4) is 0 Å². The molecule has 170 valence electrons. The lowest BCUT2D eigenvalue weighted by Gasteiger charge is -2.11. The van der Waals surface area contributed by atoms with E-state index in [1.165, 1.54) is 50.2 Å². The van der Waals surface area contributed by atoms with E-state index >= 15 is 0 Å². The summed E-state index contributed by atoms with van der Waals surface area (Å²) in [5.41, 5.74) is 1.67. The molecule has 8 nitrogen and oxygen atoms in total. The molecule has 0 aromatic heterocycles. The Labute approximate surface area is 194 Å². The Morgan fingerprint density at radius 2 is 1.52 bits per heavy atom. The van der Waals surface area contributed by atoms with Crippen molar-refractivity contribution in [1.29, 1.82) is 0 Å². The standard InChI is InChI=1S/C24H22N2O6S/c1-31-20-11-8-16(12-21(20)32-2)23(28)26-18-4-3-5-19(13-18)33-14-22(27)25-17-9-6-15(7-10-17)24(29)30/h3-13H,14H2,1-2H3,(H,25,27)(H,26,28)(H,29,30). The number of methoxy groups -OCH3 is 2. The van der Waals surface area contributed by atoms with Crippen molar-refractivity contribution < 1.29 is 29.0 Å². The summed E-state index contributed by atoms with van der Waals surface area (Å²) in [5.74, 6) is -0.431. The number of carbonyl (C=O) groups is 3. The maximum absolute atomic E-state index is 12.6. The van der Waals surface area contributed by atoms with Gasteiger partial charge in [-0.2, -0.15) is 0 Å². The van der Waals surface area contributed by atoms with E-state index in [9.17, 15) is 14.4 Å². The molecule has 0 aliphatic carbocycles. The molecule has 3 rings (SSSR count). The molecule has 33 heavy (non-hydrogen) atoms. The number of ether oxygens (including phenoxy) is 2. The second-order valence-electron chi connectivity index (χ2n) is 6.77. The summed E-state index contributed by atoms with van der Waals surface area (Å²) in [4.78, 5) is 36.5. The number of anilines is 2. The smallest absolute Gasteiger partial charge is 0.335 e. The number of nitrogens with one attached hydrogen (secondary N) is 2. The Balaban J connectivity index is 1.57. The number of carboxylic acid groups (broad SMARTS) is 1. The molecular weight excluding hydrogens is 444 g/mol. The lowest BCUT2D eigenvalue weighted by molar-refractivity contribution is -0.113. The first-order valence-corrected chi connectivity index (χ1v) is 10.8. The van der Waals surface area contributed by atoms with Crippen LogP contribution in [0.4, 0.5) is 11.4 Å². The zero-order valence-electron chi connectivity index (χ0n) is 18.0. The SMILES string of the molecule is COc1ccc(C(=O)Nc2cccc(SCC(=O)Nc3ccc(C(=O)O)cc3)c2)cc1OC. The fourth-order valence-corrected chi connectivity index (χ4v) is 3.64. The Kier molecular flexibility index (Phi) is 7.93. The van der Waals surface area contributed by atoms with Crippen LogP contribution in [-0.2, 0) is 4.79 Å². The highest BCUT2D eigenvalue weighted by Gasteiger charge is 2.12. The van der Waals surface area contributed by atoms with E-state index in [0.717, 1.165) is 4.90 Å². The van der Waals surface area contributed by atoms with Crippen LogP contribution < -0.4 is 20.1 Å². The van der Waals surface area contributed by atoms with Gasteiger partial charge >= 0.3 is 5.97 Å². The average molecular weight is 467 g/mol. The molecule has 0 bridgehead atoms. The van der Waals surface area contributed by atoms with Crippen LogP contribution in [0.2, 0.25) is 0 Å². The van der Waals surface area contributed by atoms with Gasteiger partial charge in [0.2, 0.25) is 5.91 Å². The first-order chi connectivity index (χ1) is 15.9. The lowest BCUT2D eigenvalue weighted by atomic mass is 10.2. The summed E-state index contributed by atoms with van der Waals surface area (Å²) >= 11 is 1.31. The minimum absolute atomic E-state index is 0.147. The Hall–Kier alpha value is -3.98. The summed E-state index contributed by atoms with van der Waals surface area (Å²) < 4.78 is 10.4. The quantitative estimate of drug-likeness (QED) is 0.401. The molecule has 2 amide bonds. The highest BCUT2D eigenvalue weighted by molar-refractivity contribution is 8.00. The van der Waals surface area contributed by atoms with Crippen LogP contribution in [-0.4, -0.2) is 42.9 Å². The van der Waals surface area contributed by atoms with E-state index < -0.39 is 5.97 Å². The van der Waals surface area contributed by atoms with E-state index in [2.05, 4.69) is 10.6 Å². The molecule has 3 aromatic carbocycles. The van der Waals surface area contributed by atoms with Crippen molar-refractivity contribution in [2.24, 2.45) is 0 Å². The highest BCUT2D eigenvalue weighted by Crippen LogP contribution is 2.28. The van der Waals surface area contributed by atoms with Crippen LogP contribution >= 0.6 is 11.8 Å². The van der Waals surface area contributed by atoms with Crippen molar-refractivity contribution >= 4 is 40.9 Å². The third-order valence-corrected chi connectivity index (χ3v) is 5.52. The summed E-state index contributed by atoms with van der Waals surface area (Å²) in [5, 5.41) is 14.5. The van der Waals surface area contributed by atoms with E-state index in [0.29, 0.717) is 28.4 Å². The van der Waals surface area contributed by atoms with E-state index in [1.807, 2.05) is 6.07 Å². The average Bonchev–Trinajstić information content (AvgIpc) is 2.82. The van der Waals surface area contributed by atoms with Gasteiger partial charge in [0, 0.05) is 21.8 Å². The van der Waals surface area contributed by atoms with Gasteiger partial charge in [-0.25, -0.2) is 4.79 Å². The largest absolute Gasteiger partial charge is 0.493 e. The van der Waals surface area contributed by atoms with Crippen LogP contribution in [0, 0.1) is 0 Å². The minimum atomic E-state index is -1.03. The molecule has 3 aromatic rings. The molecule has 0 aliphatic heterocycles. The van der Waals surface area contributed by atoms with Gasteiger partial charge in [0.25, 0.3) is 5.91 Å². The molecule has 0 unspecified atom stereocenters. The molecule has 0 saturated heterocycles. The van der Waals surface area contributed by atoms with Gasteiger partial charge < -0.3 is 25.2 Å². The topological polar surface area (TPSA) is 114 Å². The number of aromatic carboxylic acids is 1. The van der Waals surface area contributed by atoms with Crippen LogP contribution in [0.15, 0.2) is 71.6 Å². The molecule has 0 atom stereocenters. The van der Waals surface area contributed by atoms with Crippen LogP contribution in [0.5, 0.6) is 11.5 Å². The monoisotopic (exact) mass is 466 g/mol. The summed E-state index contributed by atoms with van der Waals surface area (Å²) in [7, 11) is 3.03. The van der Waals surface area contributed by atoms with Crippen molar-refractivity contribution in [3.05, 3.63) is 77.9 Å². The number of hydrogen-bond acceptors (Lipinski definition) is 6. The number of carbonyl (C=O) groups excluding carboxylic acids is 2. The normalized spacial score (nSPS) is 10.2. The van der Waals surface area contributed by atoms with Crippen molar-refractivity contribution in [3.63, 3.8) is 0 Å². The van der Waals surface area contributed by atoms with Gasteiger partial charge in [-0.1, -0.05) is 6.07 Å². The van der Waals surface area contributed by atoms with Crippen molar-refractivity contribution in [1.82, 2.24) is 0 Å². The number of amides is 2. The van der Waals surface area contributed by atoms with Gasteiger partial charge in [-0.15, -0.1) is 11.8 Å². The summed E-state index contributed by atoms with van der Waals surface area (Å²) in [6.45, 7) is 0. The molecule has 0 fully saturated rings. The first-order valence-electron chi connectivity index (χ1n) is 9.79. The van der Waals surface area contributed by atoms with Gasteiger partial charge in [0.05, 0.1) is 25.5 Å². The zero-order valence-corrected chi connectivity index (χ0v) is 18.8. The maximum atomic E-state index is 12.6. The molecular formula is C24H22N2O6S. The van der Waals surface area contributed by atoms with Crippen LogP contribution in [0.1, 0.15) is 20.7 Å². The van der Waals surface area contributed by atoms with E-state index in [1.54, 1.807) is 36.4 Å². The third kappa shape index (κ3) is 6.50. The molecule has 0 saturated carbocycles. The summed E-state index contributed by atoms with van der Waals surface area (Å²) in [6.07, 6.45) is 0. The molecule has 0 aliphatic rings. The highest BCUT2D eigenvalue weighted by atomic mass is 32.2. The predicted molar refractivity (Wildman–Crippen MR) is 127 cm³/mol. The molecule has 0 spiro atoms. The van der Waals surface area contributed by atoms with Gasteiger partial charge in [-0.3, -0.25) is 9.59 Å². The number of carboxylic acids is 1. The van der Waals surface area contributed by atoms with Gasteiger partial charge in [0.1, 0.15) is 0 Å². The Bertz CT molecular complexity index is 1160. The van der Waals surface area contributed by atoms with E-state index in [4.69, 9.17) is 14.6 Å². The van der Waals surface area contributed by atoms with Crippen molar-refractivity contribution in [3.8, 4) is 11.5 Å². The lowest BCUT2D eigenvalue weighted by Crippen LogP contribution is -2.14. The van der Waals surface area contributed by atoms with Crippen molar-refractivity contribution in [2.75, 3.05) is 30.6 Å². The fourth-order valence-electron chi connectivity index (χ4n) is 2.89. The third-order valence-electron chi connectivity index (χ3n) is 4.52. The Morgan fingerprint density at radius 1 is 0.818 bits per heavy atom. The van der Waals surface area contributed by atoms with E-state index in [-0.39, 0.29) is 23.1 Å². The number of rotatable bonds is 9. The Morgan fingerprint density at radius 3 is 2.18 bits per heavy atom. The first kappa shape index (κ1) is 23.7. The predicted octanol–water partition coefficient (Wildman–Crippen LogP) is 4.39. The minimum Gasteiger partial charge on any atom is -0.493 e. The molecule has 0 radical (unpaired) electrons. The second-order valence-corrected chi connectivity index (χ2v) is 7.82. The van der Waals surface area contributed by atoms with Gasteiger partial charge in [-0.05, 0) is 60.7 Å². The van der Waals surface area contributed by atoms with Crippen LogP contribution in [0.25, 0.3) is 0 Å². The summed E-state index contributed by atoms with van der Waals surface area (Å²) in [6, 6.07) is 18.0. The number of hydrogen-bond donors (Lipinski definition) is 3. The van der Waals surface area contributed by atoms with Crippen molar-refractivity contribution in [2.45, 2.75) is 4.90 Å². The molecule has 0 heterocycles. The molecule has 9 heteroatoms.